The number of rotatable bonds is 11. The van der Waals surface area contributed by atoms with Crippen LogP contribution < -0.4 is 21.3 Å². The molecule has 3 heterocycles. The molecule has 0 bridgehead atoms. The molecule has 4 rings (SSSR count). The number of nitrogens with zero attached hydrogens (tertiary/aromatic N) is 5. The Kier molecular flexibility index (Phi) is 6.95. The van der Waals surface area contributed by atoms with Gasteiger partial charge in [0.05, 0.1) is 12.9 Å². The third kappa shape index (κ3) is 5.74. The van der Waals surface area contributed by atoms with Crippen LogP contribution >= 0.6 is 0 Å². The third-order valence-electron chi connectivity index (χ3n) is 4.79. The number of anilines is 2. The molecule has 1 amide bonds. The molecule has 1 aromatic carbocycles. The molecule has 0 fully saturated rings. The molecular weight excluding hydrogens is 428 g/mol. The highest BCUT2D eigenvalue weighted by Gasteiger charge is 2.13. The van der Waals surface area contributed by atoms with Gasteiger partial charge in [-0.15, -0.1) is 5.10 Å². The second kappa shape index (κ2) is 10.4. The number of carbonyl (C=O) groups is 1. The summed E-state index contributed by atoms with van der Waals surface area (Å²) >= 11 is 0. The maximum absolute atomic E-state index is 10.9. The van der Waals surface area contributed by atoms with Gasteiger partial charge in [-0.25, -0.2) is 5.48 Å². The number of hydrogen-bond donors (Lipinski definition) is 4. The van der Waals surface area contributed by atoms with Crippen molar-refractivity contribution in [3.63, 3.8) is 0 Å². The maximum Gasteiger partial charge on any atom is 0.259 e. The molecule has 0 aliphatic heterocycles. The lowest BCUT2D eigenvalue weighted by Gasteiger charge is -2.08. The molecule has 0 atom stereocenters. The largest absolute Gasteiger partial charge is 0.494 e. The van der Waals surface area contributed by atoms with E-state index in [4.69, 9.17) is 20.1 Å². The molecule has 12 nitrogen and oxygen atoms in total. The summed E-state index contributed by atoms with van der Waals surface area (Å²) in [5.74, 6) is 2.15. The molecule has 0 spiro atoms. The standard InChI is InChI=1S/C21H24N8O4/c22-19-25-20(26-21-24-18(27-29(19)21)16-4-3-13-33-16)23-11-10-14-6-8-15(9-7-14)32-12-2-1-5-17(30)28-31/h3-4,6-9,13,31H,1-2,5,10-12H2,(H,28,30)(H3,22,23,24,25,26,27). The molecule has 0 saturated heterocycles. The number of ether oxygens (including phenoxy) is 1. The van der Waals surface area contributed by atoms with E-state index in [0.29, 0.717) is 42.9 Å². The van der Waals surface area contributed by atoms with E-state index in [0.717, 1.165) is 24.2 Å². The normalized spacial score (nSPS) is 10.9. The number of hydroxylamine groups is 1. The molecule has 0 unspecified atom stereocenters. The van der Waals surface area contributed by atoms with Gasteiger partial charge in [-0.3, -0.25) is 10.0 Å². The lowest BCUT2D eigenvalue weighted by molar-refractivity contribution is -0.129. The molecule has 0 saturated carbocycles. The van der Waals surface area contributed by atoms with E-state index >= 15 is 0 Å². The highest BCUT2D eigenvalue weighted by atomic mass is 16.5. The van der Waals surface area contributed by atoms with Crippen LogP contribution in [0.1, 0.15) is 24.8 Å². The molecule has 12 heteroatoms. The highest BCUT2D eigenvalue weighted by Crippen LogP contribution is 2.18. The minimum atomic E-state index is -0.388. The maximum atomic E-state index is 10.9. The molecule has 33 heavy (non-hydrogen) atoms. The van der Waals surface area contributed by atoms with E-state index in [9.17, 15) is 4.79 Å². The van der Waals surface area contributed by atoms with Crippen molar-refractivity contribution in [3.8, 4) is 17.3 Å². The van der Waals surface area contributed by atoms with Gasteiger partial charge < -0.3 is 20.2 Å². The van der Waals surface area contributed by atoms with Crippen molar-refractivity contribution in [2.75, 3.05) is 24.2 Å². The average Bonchev–Trinajstić information content (AvgIpc) is 3.50. The molecule has 0 aliphatic carbocycles. The zero-order valence-electron chi connectivity index (χ0n) is 17.8. The van der Waals surface area contributed by atoms with Crippen LogP contribution in [0.15, 0.2) is 47.1 Å². The lowest BCUT2D eigenvalue weighted by atomic mass is 10.1. The van der Waals surface area contributed by atoms with Gasteiger partial charge in [0.15, 0.2) is 5.76 Å². The summed E-state index contributed by atoms with van der Waals surface area (Å²) in [6.07, 6.45) is 3.94. The van der Waals surface area contributed by atoms with Crippen molar-refractivity contribution < 1.29 is 19.2 Å². The Balaban J connectivity index is 1.25. The first kappa shape index (κ1) is 22.0. The second-order valence-electron chi connectivity index (χ2n) is 7.19. The Morgan fingerprint density at radius 3 is 2.76 bits per heavy atom. The van der Waals surface area contributed by atoms with Gasteiger partial charge in [0.2, 0.25) is 23.6 Å². The number of nitrogens with one attached hydrogen (secondary N) is 2. The molecule has 4 aromatic rings. The number of benzene rings is 1. The Morgan fingerprint density at radius 1 is 1.15 bits per heavy atom. The number of nitrogen functional groups attached to an aromatic ring is 1. The zero-order valence-corrected chi connectivity index (χ0v) is 17.8. The Hall–Kier alpha value is -4.19. The molecule has 172 valence electrons. The first-order valence-corrected chi connectivity index (χ1v) is 10.4. The lowest BCUT2D eigenvalue weighted by Crippen LogP contribution is -2.18. The van der Waals surface area contributed by atoms with Crippen molar-refractivity contribution in [1.29, 1.82) is 0 Å². The summed E-state index contributed by atoms with van der Waals surface area (Å²) in [5.41, 5.74) is 8.73. The number of unbranched alkanes of at least 4 members (excludes halogenated alkanes) is 1. The quantitative estimate of drug-likeness (QED) is 0.150. The Bertz CT molecular complexity index is 1190. The highest BCUT2D eigenvalue weighted by molar-refractivity contribution is 5.74. The van der Waals surface area contributed by atoms with Crippen LogP contribution in [0.3, 0.4) is 0 Å². The van der Waals surface area contributed by atoms with Crippen molar-refractivity contribution in [3.05, 3.63) is 48.2 Å². The van der Waals surface area contributed by atoms with E-state index in [-0.39, 0.29) is 18.3 Å². The monoisotopic (exact) mass is 452 g/mol. The smallest absolute Gasteiger partial charge is 0.259 e. The first-order chi connectivity index (χ1) is 16.1. The van der Waals surface area contributed by atoms with Gasteiger partial charge in [-0.2, -0.15) is 19.5 Å². The Morgan fingerprint density at radius 2 is 2.00 bits per heavy atom. The number of furan rings is 1. The zero-order chi connectivity index (χ0) is 23.0. The van der Waals surface area contributed by atoms with E-state index in [2.05, 4.69) is 25.4 Å². The number of carbonyl (C=O) groups excluding carboxylic acids is 1. The van der Waals surface area contributed by atoms with Crippen LogP contribution in [0.25, 0.3) is 17.4 Å². The number of amides is 1. The number of nitrogens with two attached hydrogens (primary N) is 1. The van der Waals surface area contributed by atoms with Gasteiger partial charge in [0.1, 0.15) is 5.75 Å². The van der Waals surface area contributed by atoms with E-state index in [1.165, 1.54) is 4.52 Å². The van der Waals surface area contributed by atoms with Crippen LogP contribution in [0.5, 0.6) is 5.75 Å². The fraction of sp³-hybridized carbons (Fsp3) is 0.286. The second-order valence-corrected chi connectivity index (χ2v) is 7.19. The summed E-state index contributed by atoms with van der Waals surface area (Å²) in [4.78, 5) is 23.9. The van der Waals surface area contributed by atoms with Gasteiger partial charge in [-0.05, 0) is 49.1 Å². The predicted octanol–water partition coefficient (Wildman–Crippen LogP) is 2.07. The summed E-state index contributed by atoms with van der Waals surface area (Å²) in [6.45, 7) is 1.10. The molecule has 0 radical (unpaired) electrons. The van der Waals surface area contributed by atoms with Gasteiger partial charge >= 0.3 is 0 Å². The van der Waals surface area contributed by atoms with Crippen molar-refractivity contribution in [2.24, 2.45) is 0 Å². The van der Waals surface area contributed by atoms with Gasteiger partial charge in [0.25, 0.3) is 5.78 Å². The number of hydrogen-bond acceptors (Lipinski definition) is 10. The van der Waals surface area contributed by atoms with Crippen LogP contribution in [-0.2, 0) is 11.2 Å². The first-order valence-electron chi connectivity index (χ1n) is 10.4. The minimum absolute atomic E-state index is 0.172. The van der Waals surface area contributed by atoms with E-state index in [1.807, 2.05) is 24.3 Å². The third-order valence-corrected chi connectivity index (χ3v) is 4.79. The summed E-state index contributed by atoms with van der Waals surface area (Å²) in [6, 6.07) is 11.3. The SMILES string of the molecule is Nc1nc(NCCc2ccc(OCCCCC(=O)NO)cc2)nc2nc(-c3ccco3)nn12. The minimum Gasteiger partial charge on any atom is -0.494 e. The molecule has 3 aromatic heterocycles. The average molecular weight is 452 g/mol. The van der Waals surface area contributed by atoms with E-state index in [1.54, 1.807) is 23.9 Å². The van der Waals surface area contributed by atoms with Crippen LogP contribution in [0.4, 0.5) is 11.9 Å². The van der Waals surface area contributed by atoms with Crippen LogP contribution in [0, 0.1) is 0 Å². The van der Waals surface area contributed by atoms with Crippen molar-refractivity contribution in [2.45, 2.75) is 25.7 Å². The number of fused-ring (bicyclic) bond motifs is 1. The topological polar surface area (TPSA) is 166 Å². The fourth-order valence-corrected chi connectivity index (χ4v) is 3.10. The van der Waals surface area contributed by atoms with E-state index < -0.39 is 0 Å². The molecule has 0 aliphatic rings. The fourth-order valence-electron chi connectivity index (χ4n) is 3.10. The summed E-state index contributed by atoms with van der Waals surface area (Å²) in [5, 5.41) is 15.9. The summed E-state index contributed by atoms with van der Waals surface area (Å²) < 4.78 is 12.3. The predicted molar refractivity (Wildman–Crippen MR) is 119 cm³/mol. The van der Waals surface area contributed by atoms with Crippen LogP contribution in [-0.4, -0.2) is 48.8 Å². The van der Waals surface area contributed by atoms with Gasteiger partial charge in [0, 0.05) is 13.0 Å². The van der Waals surface area contributed by atoms with Crippen molar-refractivity contribution >= 4 is 23.6 Å². The molecular formula is C21H24N8O4. The van der Waals surface area contributed by atoms with Crippen LogP contribution in [0.2, 0.25) is 0 Å². The van der Waals surface area contributed by atoms with Crippen molar-refractivity contribution in [1.82, 2.24) is 30.0 Å². The number of aromatic nitrogens is 5. The van der Waals surface area contributed by atoms with Gasteiger partial charge in [-0.1, -0.05) is 12.1 Å². The Labute approximate surface area is 188 Å². The summed E-state index contributed by atoms with van der Waals surface area (Å²) in [7, 11) is 0. The molecule has 5 N–H and O–H groups in total.